The van der Waals surface area contributed by atoms with Crippen molar-refractivity contribution in [1.29, 1.82) is 0 Å². The summed E-state index contributed by atoms with van der Waals surface area (Å²) in [6, 6.07) is 0. The summed E-state index contributed by atoms with van der Waals surface area (Å²) < 4.78 is 0. The van der Waals surface area contributed by atoms with Gasteiger partial charge in [-0.3, -0.25) is 0 Å². The highest BCUT2D eigenvalue weighted by molar-refractivity contribution is 4.82. The molecular formula is C10H21N. The molecule has 1 unspecified atom stereocenters. The summed E-state index contributed by atoms with van der Waals surface area (Å²) in [6.45, 7) is 11.0. The van der Waals surface area contributed by atoms with Crippen LogP contribution >= 0.6 is 0 Å². The first-order valence-corrected chi connectivity index (χ1v) is 5.00. The molecule has 1 heteroatoms. The van der Waals surface area contributed by atoms with Crippen molar-refractivity contribution in [2.75, 3.05) is 19.6 Å². The average molecular weight is 155 g/mol. The smallest absolute Gasteiger partial charge is 0.00246 e. The fourth-order valence-electron chi connectivity index (χ4n) is 1.80. The number of hydrogen-bond acceptors (Lipinski definition) is 1. The standard InChI is InChI=1S/C10H21N/c1-4-6-11-7-10(8-11)9(3)5-2/h9-10H,4-8H2,1-3H3. The maximum atomic E-state index is 2.57. The molecule has 0 aliphatic carbocycles. The minimum atomic E-state index is 0.947. The third-order valence-electron chi connectivity index (χ3n) is 2.97. The van der Waals surface area contributed by atoms with Crippen LogP contribution in [0, 0.1) is 11.8 Å². The zero-order valence-electron chi connectivity index (χ0n) is 8.14. The summed E-state index contributed by atoms with van der Waals surface area (Å²) in [5.74, 6) is 1.95. The normalized spacial score (nSPS) is 23.2. The Hall–Kier alpha value is -0.0400. The van der Waals surface area contributed by atoms with Crippen LogP contribution in [0.3, 0.4) is 0 Å². The van der Waals surface area contributed by atoms with Crippen LogP contribution in [0.2, 0.25) is 0 Å². The van der Waals surface area contributed by atoms with Gasteiger partial charge in [0.2, 0.25) is 0 Å². The molecule has 0 aromatic heterocycles. The Labute approximate surface area is 70.8 Å². The second-order valence-electron chi connectivity index (χ2n) is 3.91. The van der Waals surface area contributed by atoms with Crippen molar-refractivity contribution < 1.29 is 0 Å². The molecule has 1 rings (SSSR count). The van der Waals surface area contributed by atoms with Crippen LogP contribution in [0.1, 0.15) is 33.6 Å². The third-order valence-corrected chi connectivity index (χ3v) is 2.97. The topological polar surface area (TPSA) is 3.24 Å². The van der Waals surface area contributed by atoms with Gasteiger partial charge in [0.25, 0.3) is 0 Å². The van der Waals surface area contributed by atoms with E-state index in [1.807, 2.05) is 0 Å². The van der Waals surface area contributed by atoms with Crippen molar-refractivity contribution >= 4 is 0 Å². The van der Waals surface area contributed by atoms with Gasteiger partial charge in [-0.1, -0.05) is 27.2 Å². The van der Waals surface area contributed by atoms with Crippen LogP contribution in [0.25, 0.3) is 0 Å². The minimum Gasteiger partial charge on any atom is -0.303 e. The maximum Gasteiger partial charge on any atom is 0.00246 e. The van der Waals surface area contributed by atoms with Crippen LogP contribution in [0.5, 0.6) is 0 Å². The Bertz CT molecular complexity index is 105. The monoisotopic (exact) mass is 155 g/mol. The van der Waals surface area contributed by atoms with E-state index in [0.29, 0.717) is 0 Å². The van der Waals surface area contributed by atoms with Crippen molar-refractivity contribution in [2.45, 2.75) is 33.6 Å². The second-order valence-corrected chi connectivity index (χ2v) is 3.91. The van der Waals surface area contributed by atoms with E-state index in [1.165, 1.54) is 32.5 Å². The molecule has 1 saturated heterocycles. The highest BCUT2D eigenvalue weighted by Gasteiger charge is 2.28. The first kappa shape index (κ1) is 9.05. The molecule has 0 N–H and O–H groups in total. The molecule has 0 amide bonds. The van der Waals surface area contributed by atoms with Crippen molar-refractivity contribution in [1.82, 2.24) is 4.90 Å². The molecule has 0 aromatic carbocycles. The van der Waals surface area contributed by atoms with E-state index in [1.54, 1.807) is 0 Å². The van der Waals surface area contributed by atoms with Crippen LogP contribution in [-0.4, -0.2) is 24.5 Å². The summed E-state index contributed by atoms with van der Waals surface area (Å²) in [5.41, 5.74) is 0. The van der Waals surface area contributed by atoms with E-state index in [9.17, 15) is 0 Å². The molecule has 1 nitrogen and oxygen atoms in total. The molecule has 66 valence electrons. The molecule has 1 fully saturated rings. The lowest BCUT2D eigenvalue weighted by molar-refractivity contribution is 0.0619. The summed E-state index contributed by atoms with van der Waals surface area (Å²) >= 11 is 0. The highest BCUT2D eigenvalue weighted by Crippen LogP contribution is 2.25. The average Bonchev–Trinajstić information content (AvgIpc) is 1.94. The number of likely N-dealkylation sites (tertiary alicyclic amines) is 1. The largest absolute Gasteiger partial charge is 0.303 e. The molecular weight excluding hydrogens is 134 g/mol. The molecule has 0 radical (unpaired) electrons. The van der Waals surface area contributed by atoms with Crippen LogP contribution in [0.15, 0.2) is 0 Å². The zero-order valence-corrected chi connectivity index (χ0v) is 8.14. The summed E-state index contributed by atoms with van der Waals surface area (Å²) in [4.78, 5) is 2.57. The van der Waals surface area contributed by atoms with Gasteiger partial charge in [0.1, 0.15) is 0 Å². The van der Waals surface area contributed by atoms with Crippen molar-refractivity contribution in [3.8, 4) is 0 Å². The predicted molar refractivity (Wildman–Crippen MR) is 49.7 cm³/mol. The summed E-state index contributed by atoms with van der Waals surface area (Å²) in [6.07, 6.45) is 2.66. The van der Waals surface area contributed by atoms with Gasteiger partial charge in [-0.2, -0.15) is 0 Å². The quantitative estimate of drug-likeness (QED) is 0.602. The molecule has 0 spiro atoms. The first-order chi connectivity index (χ1) is 5.27. The Morgan fingerprint density at radius 3 is 2.45 bits per heavy atom. The van der Waals surface area contributed by atoms with Gasteiger partial charge in [0.15, 0.2) is 0 Å². The van der Waals surface area contributed by atoms with Gasteiger partial charge in [-0.15, -0.1) is 0 Å². The molecule has 1 aliphatic rings. The molecule has 11 heavy (non-hydrogen) atoms. The Balaban J connectivity index is 2.08. The second kappa shape index (κ2) is 4.10. The van der Waals surface area contributed by atoms with Gasteiger partial charge in [0, 0.05) is 13.1 Å². The molecule has 1 aliphatic heterocycles. The van der Waals surface area contributed by atoms with Crippen molar-refractivity contribution in [2.24, 2.45) is 11.8 Å². The fourth-order valence-corrected chi connectivity index (χ4v) is 1.80. The zero-order chi connectivity index (χ0) is 8.27. The summed E-state index contributed by atoms with van der Waals surface area (Å²) in [7, 11) is 0. The van der Waals surface area contributed by atoms with E-state index in [-0.39, 0.29) is 0 Å². The molecule has 0 saturated carbocycles. The van der Waals surface area contributed by atoms with E-state index < -0.39 is 0 Å². The predicted octanol–water partition coefficient (Wildman–Crippen LogP) is 2.37. The van der Waals surface area contributed by atoms with Gasteiger partial charge in [0.05, 0.1) is 0 Å². The summed E-state index contributed by atoms with van der Waals surface area (Å²) in [5, 5.41) is 0. The maximum absolute atomic E-state index is 2.57. The van der Waals surface area contributed by atoms with Crippen LogP contribution in [0.4, 0.5) is 0 Å². The van der Waals surface area contributed by atoms with E-state index in [4.69, 9.17) is 0 Å². The molecule has 0 aromatic rings. The van der Waals surface area contributed by atoms with Crippen LogP contribution in [-0.2, 0) is 0 Å². The lowest BCUT2D eigenvalue weighted by Crippen LogP contribution is -2.49. The number of hydrogen-bond donors (Lipinski definition) is 0. The molecule has 1 heterocycles. The number of nitrogens with zero attached hydrogens (tertiary/aromatic N) is 1. The van der Waals surface area contributed by atoms with Crippen LogP contribution < -0.4 is 0 Å². The highest BCUT2D eigenvalue weighted by atomic mass is 15.2. The van der Waals surface area contributed by atoms with Gasteiger partial charge >= 0.3 is 0 Å². The van der Waals surface area contributed by atoms with E-state index in [2.05, 4.69) is 25.7 Å². The van der Waals surface area contributed by atoms with Crippen molar-refractivity contribution in [3.63, 3.8) is 0 Å². The minimum absolute atomic E-state index is 0.947. The van der Waals surface area contributed by atoms with Gasteiger partial charge in [-0.25, -0.2) is 0 Å². The van der Waals surface area contributed by atoms with E-state index >= 15 is 0 Å². The van der Waals surface area contributed by atoms with Gasteiger partial charge < -0.3 is 4.90 Å². The van der Waals surface area contributed by atoms with Crippen molar-refractivity contribution in [3.05, 3.63) is 0 Å². The first-order valence-electron chi connectivity index (χ1n) is 5.00. The lowest BCUT2D eigenvalue weighted by atomic mass is 9.85. The molecule has 1 atom stereocenters. The van der Waals surface area contributed by atoms with E-state index in [0.717, 1.165) is 11.8 Å². The van der Waals surface area contributed by atoms with Gasteiger partial charge in [-0.05, 0) is 24.8 Å². The lowest BCUT2D eigenvalue weighted by Gasteiger charge is -2.42. The SMILES string of the molecule is CCCN1CC(C(C)CC)C1. The Kier molecular flexibility index (Phi) is 3.38. The third kappa shape index (κ3) is 2.19. The Morgan fingerprint density at radius 1 is 1.36 bits per heavy atom. The fraction of sp³-hybridized carbons (Fsp3) is 1.00. The Morgan fingerprint density at radius 2 is 2.00 bits per heavy atom. The number of rotatable bonds is 4. The molecule has 0 bridgehead atoms.